The van der Waals surface area contributed by atoms with Gasteiger partial charge in [-0.15, -0.1) is 45.3 Å². The molecule has 0 unspecified atom stereocenters. The molecule has 0 aliphatic heterocycles. The predicted molar refractivity (Wildman–Crippen MR) is 187 cm³/mol. The number of fused-ring (bicyclic) bond motifs is 1. The number of hydrogen-bond donors (Lipinski definition) is 0. The summed E-state index contributed by atoms with van der Waals surface area (Å²) >= 11 is 8.95. The minimum absolute atomic E-state index is 0.159. The van der Waals surface area contributed by atoms with Crippen molar-refractivity contribution in [1.82, 2.24) is 8.75 Å². The number of nitrogens with zero attached hydrogens (tertiary/aromatic N) is 2. The third-order valence-electron chi connectivity index (χ3n) is 7.43. The first-order valence-electron chi connectivity index (χ1n) is 13.9. The molecule has 0 radical (unpaired) electrons. The van der Waals surface area contributed by atoms with Crippen molar-refractivity contribution in [2.75, 3.05) is 0 Å². The normalized spacial score (nSPS) is 12.6. The van der Waals surface area contributed by atoms with Gasteiger partial charge in [0, 0.05) is 50.1 Å². The van der Waals surface area contributed by atoms with E-state index in [1.165, 1.54) is 84.1 Å². The molecule has 5 aromatic heterocycles. The molecule has 0 amide bonds. The van der Waals surface area contributed by atoms with Gasteiger partial charge in [0.05, 0.1) is 11.7 Å². The molecule has 0 atom stereocenters. The van der Waals surface area contributed by atoms with E-state index in [9.17, 15) is 0 Å². The molecule has 41 heavy (non-hydrogen) atoms. The zero-order chi connectivity index (χ0) is 29.4. The van der Waals surface area contributed by atoms with Gasteiger partial charge in [0.15, 0.2) is 0 Å². The largest absolute Gasteiger partial charge is 0.172 e. The second-order valence-electron chi connectivity index (χ2n) is 13.1. The highest BCUT2D eigenvalue weighted by Gasteiger charge is 2.24. The summed E-state index contributed by atoms with van der Waals surface area (Å²) in [4.78, 5) is 10.9. The van der Waals surface area contributed by atoms with Crippen molar-refractivity contribution >= 4 is 68.1 Å². The van der Waals surface area contributed by atoms with Gasteiger partial charge in [0.2, 0.25) is 0 Å². The summed E-state index contributed by atoms with van der Waals surface area (Å²) in [5.41, 5.74) is 10.1. The molecule has 2 nitrogen and oxygen atoms in total. The summed E-state index contributed by atoms with van der Waals surface area (Å²) in [7, 11) is 0. The van der Waals surface area contributed by atoms with E-state index in [2.05, 4.69) is 106 Å². The van der Waals surface area contributed by atoms with Crippen molar-refractivity contribution in [2.24, 2.45) is 0 Å². The fraction of sp³-hybridized carbons (Fsp3) is 0.353. The topological polar surface area (TPSA) is 25.8 Å². The molecule has 6 aromatic rings. The Hall–Kier alpha value is -2.16. The molecule has 1 aromatic carbocycles. The second-order valence-corrected chi connectivity index (χ2v) is 17.9. The van der Waals surface area contributed by atoms with Crippen LogP contribution in [0.2, 0.25) is 0 Å². The van der Waals surface area contributed by atoms with E-state index >= 15 is 0 Å². The molecule has 0 fully saturated rings. The Morgan fingerprint density at radius 2 is 0.854 bits per heavy atom. The molecule has 212 valence electrons. The Labute approximate surface area is 264 Å². The number of aryl methyl sites for hydroxylation is 4. The lowest BCUT2D eigenvalue weighted by atomic mass is 9.92. The Bertz CT molecular complexity index is 1770. The lowest BCUT2D eigenvalue weighted by molar-refractivity contribution is 0.600. The van der Waals surface area contributed by atoms with Crippen LogP contribution in [0.5, 0.6) is 0 Å². The van der Waals surface area contributed by atoms with Crippen LogP contribution in [0.3, 0.4) is 0 Å². The Balaban J connectivity index is 1.39. The SMILES string of the molecule is Cc1cc(-c2ccc(-c3cc(C)c(-c4cc(C)c(C(C)(C)C)s4)s3)c3nsnc23)sc1-c1cc(C)c(C(C)(C)C)s1. The van der Waals surface area contributed by atoms with Crippen LogP contribution in [0.4, 0.5) is 0 Å². The zero-order valence-electron chi connectivity index (χ0n) is 25.4. The van der Waals surface area contributed by atoms with Crippen molar-refractivity contribution in [3.63, 3.8) is 0 Å². The minimum atomic E-state index is 0.159. The van der Waals surface area contributed by atoms with E-state index in [4.69, 9.17) is 8.75 Å². The van der Waals surface area contributed by atoms with Crippen molar-refractivity contribution in [1.29, 1.82) is 0 Å². The lowest BCUT2D eigenvalue weighted by Gasteiger charge is -2.17. The summed E-state index contributed by atoms with van der Waals surface area (Å²) in [6.07, 6.45) is 0. The van der Waals surface area contributed by atoms with Crippen molar-refractivity contribution in [3.8, 4) is 40.4 Å². The van der Waals surface area contributed by atoms with Crippen molar-refractivity contribution < 1.29 is 0 Å². The first-order chi connectivity index (χ1) is 19.2. The maximum atomic E-state index is 4.82. The number of benzene rings is 1. The van der Waals surface area contributed by atoms with Gasteiger partial charge in [-0.25, -0.2) is 0 Å². The van der Waals surface area contributed by atoms with Crippen LogP contribution in [0, 0.1) is 27.7 Å². The van der Waals surface area contributed by atoms with Gasteiger partial charge >= 0.3 is 0 Å². The van der Waals surface area contributed by atoms with Crippen LogP contribution in [0.25, 0.3) is 51.4 Å². The average molecular weight is 633 g/mol. The average Bonchev–Trinajstić information content (AvgIpc) is 3.67. The summed E-state index contributed by atoms with van der Waals surface area (Å²) in [6, 6.07) is 13.9. The molecule has 0 aliphatic carbocycles. The Morgan fingerprint density at radius 1 is 0.488 bits per heavy atom. The third kappa shape index (κ3) is 5.18. The monoisotopic (exact) mass is 632 g/mol. The van der Waals surface area contributed by atoms with Crippen LogP contribution in [-0.2, 0) is 10.8 Å². The van der Waals surface area contributed by atoms with Gasteiger partial charge in [-0.05, 0) is 85.0 Å². The maximum absolute atomic E-state index is 4.82. The van der Waals surface area contributed by atoms with Gasteiger partial charge in [-0.1, -0.05) is 53.7 Å². The van der Waals surface area contributed by atoms with Crippen LogP contribution in [0.15, 0.2) is 36.4 Å². The summed E-state index contributed by atoms with van der Waals surface area (Å²) in [5.74, 6) is 0. The van der Waals surface area contributed by atoms with Gasteiger partial charge < -0.3 is 0 Å². The zero-order valence-corrected chi connectivity index (χ0v) is 29.5. The van der Waals surface area contributed by atoms with Crippen LogP contribution < -0.4 is 0 Å². The van der Waals surface area contributed by atoms with Gasteiger partial charge in [0.25, 0.3) is 0 Å². The first-order valence-corrected chi connectivity index (χ1v) is 17.9. The van der Waals surface area contributed by atoms with E-state index in [1.54, 1.807) is 0 Å². The van der Waals surface area contributed by atoms with Crippen LogP contribution >= 0.6 is 57.1 Å². The predicted octanol–water partition coefficient (Wildman–Crippen LogP) is 12.4. The standard InChI is InChI=1S/C34H36N2S5/c1-17-13-23(37-29(17)25-15-19(3)31(39-25)33(5,6)7)21-11-12-22(28-27(21)35-41-36-28)24-14-18(2)30(38-24)26-16-20(4)32(40-26)34(8,9)10/h11-16H,1-10H3. The number of hydrogen-bond acceptors (Lipinski definition) is 7. The summed E-state index contributed by atoms with van der Waals surface area (Å²) in [6.45, 7) is 22.8. The van der Waals surface area contributed by atoms with E-state index in [1.807, 2.05) is 45.3 Å². The molecule has 0 spiro atoms. The third-order valence-corrected chi connectivity index (χ3v) is 14.2. The first kappa shape index (κ1) is 28.9. The quantitative estimate of drug-likeness (QED) is 0.193. The molecule has 6 rings (SSSR count). The molecule has 0 N–H and O–H groups in total. The summed E-state index contributed by atoms with van der Waals surface area (Å²) in [5, 5.41) is 0. The summed E-state index contributed by atoms with van der Waals surface area (Å²) < 4.78 is 9.64. The number of aromatic nitrogens is 2. The molecule has 5 heterocycles. The fourth-order valence-electron chi connectivity index (χ4n) is 5.66. The van der Waals surface area contributed by atoms with Gasteiger partial charge in [0.1, 0.15) is 11.0 Å². The molecule has 0 saturated carbocycles. The second kappa shape index (κ2) is 10.2. The van der Waals surface area contributed by atoms with Gasteiger partial charge in [-0.3, -0.25) is 0 Å². The Kier molecular flexibility index (Phi) is 7.22. The van der Waals surface area contributed by atoms with Crippen molar-refractivity contribution in [3.05, 3.63) is 68.4 Å². The minimum Gasteiger partial charge on any atom is -0.172 e. The highest BCUT2D eigenvalue weighted by atomic mass is 32.1. The molecule has 0 aliphatic rings. The highest BCUT2D eigenvalue weighted by molar-refractivity contribution is 7.25. The number of thiophene rings is 4. The molecular formula is C34H36N2S5. The fourth-order valence-corrected chi connectivity index (χ4v) is 11.4. The van der Waals surface area contributed by atoms with Gasteiger partial charge in [-0.2, -0.15) is 8.75 Å². The number of rotatable bonds is 4. The van der Waals surface area contributed by atoms with Crippen molar-refractivity contribution in [2.45, 2.75) is 80.1 Å². The molecular weight excluding hydrogens is 597 g/mol. The highest BCUT2D eigenvalue weighted by Crippen LogP contribution is 2.48. The lowest BCUT2D eigenvalue weighted by Crippen LogP contribution is -2.09. The molecule has 0 bridgehead atoms. The Morgan fingerprint density at radius 3 is 1.20 bits per heavy atom. The molecule has 0 saturated heterocycles. The van der Waals surface area contributed by atoms with E-state index in [-0.39, 0.29) is 10.8 Å². The van der Waals surface area contributed by atoms with E-state index in [0.29, 0.717) is 0 Å². The molecule has 7 heteroatoms. The maximum Gasteiger partial charge on any atom is 0.114 e. The van der Waals surface area contributed by atoms with E-state index < -0.39 is 0 Å². The van der Waals surface area contributed by atoms with Crippen LogP contribution in [-0.4, -0.2) is 8.75 Å². The van der Waals surface area contributed by atoms with E-state index in [0.717, 1.165) is 11.0 Å². The van der Waals surface area contributed by atoms with Crippen LogP contribution in [0.1, 0.15) is 73.6 Å². The smallest absolute Gasteiger partial charge is 0.114 e.